The zero-order valence-electron chi connectivity index (χ0n) is 11.0. The van der Waals surface area contributed by atoms with Crippen LogP contribution in [0.1, 0.15) is 30.1 Å². The Kier molecular flexibility index (Phi) is 4.66. The van der Waals surface area contributed by atoms with Crippen LogP contribution >= 0.6 is 11.6 Å². The van der Waals surface area contributed by atoms with Crippen molar-refractivity contribution in [1.82, 2.24) is 5.32 Å². The summed E-state index contributed by atoms with van der Waals surface area (Å²) in [5.41, 5.74) is 6.58. The van der Waals surface area contributed by atoms with Gasteiger partial charge in [0.05, 0.1) is 10.6 Å². The van der Waals surface area contributed by atoms with Gasteiger partial charge in [-0.25, -0.2) is 0 Å². The number of carbonyl (C=O) groups is 1. The maximum atomic E-state index is 12.2. The number of anilines is 1. The van der Waals surface area contributed by atoms with Gasteiger partial charge in [-0.1, -0.05) is 17.7 Å². The van der Waals surface area contributed by atoms with Crippen molar-refractivity contribution in [2.45, 2.75) is 25.8 Å². The van der Waals surface area contributed by atoms with Crippen molar-refractivity contribution in [2.24, 2.45) is 5.92 Å². The third-order valence-corrected chi connectivity index (χ3v) is 3.92. The molecule has 0 aromatic heterocycles. The number of benzene rings is 1. The van der Waals surface area contributed by atoms with Crippen molar-refractivity contribution in [3.05, 3.63) is 28.8 Å². The highest BCUT2D eigenvalue weighted by atomic mass is 35.5. The van der Waals surface area contributed by atoms with Gasteiger partial charge in [0.1, 0.15) is 0 Å². The largest absolute Gasteiger partial charge is 0.398 e. The monoisotopic (exact) mass is 282 g/mol. The number of amides is 1. The molecule has 1 aromatic carbocycles. The highest BCUT2D eigenvalue weighted by Gasteiger charge is 2.23. The number of nitrogens with one attached hydrogen (secondary N) is 1. The van der Waals surface area contributed by atoms with Crippen molar-refractivity contribution in [3.63, 3.8) is 0 Å². The molecule has 1 heterocycles. The van der Waals surface area contributed by atoms with Crippen LogP contribution in [0.3, 0.4) is 0 Å². The van der Waals surface area contributed by atoms with E-state index in [-0.39, 0.29) is 11.9 Å². The summed E-state index contributed by atoms with van der Waals surface area (Å²) >= 11 is 6.03. The predicted octanol–water partition coefficient (Wildman–Crippen LogP) is 2.47. The van der Waals surface area contributed by atoms with Gasteiger partial charge in [-0.2, -0.15) is 0 Å². The fourth-order valence-corrected chi connectivity index (χ4v) is 2.66. The predicted molar refractivity (Wildman–Crippen MR) is 76.3 cm³/mol. The number of halogens is 1. The first-order valence-electron chi connectivity index (χ1n) is 6.52. The van der Waals surface area contributed by atoms with Crippen LogP contribution in [0.5, 0.6) is 0 Å². The Morgan fingerprint density at radius 1 is 1.47 bits per heavy atom. The Morgan fingerprint density at radius 3 is 2.79 bits per heavy atom. The number of nitrogens with two attached hydrogens (primary N) is 1. The number of nitrogen functional groups attached to an aromatic ring is 1. The molecule has 1 saturated heterocycles. The lowest BCUT2D eigenvalue weighted by Gasteiger charge is -2.28. The molecule has 1 atom stereocenters. The zero-order chi connectivity index (χ0) is 13.8. The molecule has 5 heteroatoms. The van der Waals surface area contributed by atoms with Crippen molar-refractivity contribution < 1.29 is 9.53 Å². The number of hydrogen-bond donors (Lipinski definition) is 2. The molecule has 0 spiro atoms. The molecule has 0 radical (unpaired) electrons. The molecule has 1 aliphatic rings. The first-order valence-corrected chi connectivity index (χ1v) is 6.90. The van der Waals surface area contributed by atoms with E-state index in [4.69, 9.17) is 22.1 Å². The summed E-state index contributed by atoms with van der Waals surface area (Å²) in [6.45, 7) is 3.54. The van der Waals surface area contributed by atoms with Gasteiger partial charge in [0.15, 0.2) is 0 Å². The normalized spacial score (nSPS) is 18.0. The van der Waals surface area contributed by atoms with Crippen molar-refractivity contribution >= 4 is 23.2 Å². The number of hydrogen-bond acceptors (Lipinski definition) is 3. The standard InChI is InChI=1S/C14H19ClN2O2/c1-9(10-5-7-19-8-6-10)17-14(18)13-11(15)3-2-4-12(13)16/h2-4,9-10H,5-8,16H2,1H3,(H,17,18). The number of carbonyl (C=O) groups excluding carboxylic acids is 1. The first-order chi connectivity index (χ1) is 9.09. The molecule has 1 aromatic rings. The topological polar surface area (TPSA) is 64.4 Å². The minimum absolute atomic E-state index is 0.0899. The van der Waals surface area contributed by atoms with E-state index < -0.39 is 0 Å². The molecule has 0 saturated carbocycles. The van der Waals surface area contributed by atoms with Crippen molar-refractivity contribution in [1.29, 1.82) is 0 Å². The molecule has 19 heavy (non-hydrogen) atoms. The number of ether oxygens (including phenoxy) is 1. The van der Waals surface area contributed by atoms with Gasteiger partial charge in [-0.15, -0.1) is 0 Å². The molecule has 0 bridgehead atoms. The van der Waals surface area contributed by atoms with E-state index in [0.29, 0.717) is 22.2 Å². The maximum Gasteiger partial charge on any atom is 0.255 e. The van der Waals surface area contributed by atoms with Gasteiger partial charge in [0.25, 0.3) is 5.91 Å². The van der Waals surface area contributed by atoms with Gasteiger partial charge < -0.3 is 15.8 Å². The summed E-state index contributed by atoms with van der Waals surface area (Å²) in [5.74, 6) is 0.239. The quantitative estimate of drug-likeness (QED) is 0.837. The van der Waals surface area contributed by atoms with E-state index in [2.05, 4.69) is 5.32 Å². The highest BCUT2D eigenvalue weighted by Crippen LogP contribution is 2.23. The van der Waals surface area contributed by atoms with Gasteiger partial charge >= 0.3 is 0 Å². The van der Waals surface area contributed by atoms with E-state index in [1.165, 1.54) is 0 Å². The molecule has 2 rings (SSSR count). The zero-order valence-corrected chi connectivity index (χ0v) is 11.7. The van der Waals surface area contributed by atoms with Gasteiger partial charge in [-0.05, 0) is 37.8 Å². The van der Waals surface area contributed by atoms with E-state index >= 15 is 0 Å². The molecule has 3 N–H and O–H groups in total. The first kappa shape index (κ1) is 14.2. The van der Waals surface area contributed by atoms with Gasteiger partial charge in [-0.3, -0.25) is 4.79 Å². The summed E-state index contributed by atoms with van der Waals surface area (Å²) < 4.78 is 5.32. The molecule has 4 nitrogen and oxygen atoms in total. The lowest BCUT2D eigenvalue weighted by molar-refractivity contribution is 0.0538. The SMILES string of the molecule is CC(NC(=O)c1c(N)cccc1Cl)C1CCOCC1. The third kappa shape index (κ3) is 3.39. The van der Waals surface area contributed by atoms with Gasteiger partial charge in [0, 0.05) is 24.9 Å². The third-order valence-electron chi connectivity index (χ3n) is 3.60. The molecule has 0 aliphatic carbocycles. The van der Waals surface area contributed by atoms with Crippen LogP contribution in [0.15, 0.2) is 18.2 Å². The van der Waals surface area contributed by atoms with Crippen LogP contribution in [0.25, 0.3) is 0 Å². The van der Waals surface area contributed by atoms with Crippen molar-refractivity contribution in [2.75, 3.05) is 18.9 Å². The Morgan fingerprint density at radius 2 is 2.16 bits per heavy atom. The Labute approximate surface area is 118 Å². The van der Waals surface area contributed by atoms with E-state index in [9.17, 15) is 4.79 Å². The summed E-state index contributed by atoms with van der Waals surface area (Å²) in [4.78, 5) is 12.2. The minimum Gasteiger partial charge on any atom is -0.398 e. The second-order valence-corrected chi connectivity index (χ2v) is 5.32. The van der Waals surface area contributed by atoms with E-state index in [1.54, 1.807) is 18.2 Å². The summed E-state index contributed by atoms with van der Waals surface area (Å²) in [6.07, 6.45) is 1.94. The average molecular weight is 283 g/mol. The van der Waals surface area contributed by atoms with Crippen LogP contribution in [0, 0.1) is 5.92 Å². The summed E-state index contributed by atoms with van der Waals surface area (Å²) in [5, 5.41) is 3.37. The average Bonchev–Trinajstić information content (AvgIpc) is 2.39. The van der Waals surface area contributed by atoms with Gasteiger partial charge in [0.2, 0.25) is 0 Å². The fourth-order valence-electron chi connectivity index (χ4n) is 2.39. The maximum absolute atomic E-state index is 12.2. The van der Waals surface area contributed by atoms with Crippen LogP contribution in [-0.4, -0.2) is 25.2 Å². The second kappa shape index (κ2) is 6.26. The molecule has 1 unspecified atom stereocenters. The number of rotatable bonds is 3. The Balaban J connectivity index is 2.04. The lowest BCUT2D eigenvalue weighted by Crippen LogP contribution is -2.40. The minimum atomic E-state index is -0.206. The van der Waals surface area contributed by atoms with Crippen molar-refractivity contribution in [3.8, 4) is 0 Å². The fraction of sp³-hybridized carbons (Fsp3) is 0.500. The van der Waals surface area contributed by atoms with E-state index in [1.807, 2.05) is 6.92 Å². The van der Waals surface area contributed by atoms with Crippen LogP contribution < -0.4 is 11.1 Å². The molecule has 1 fully saturated rings. The molecule has 1 aliphatic heterocycles. The molecule has 104 valence electrons. The second-order valence-electron chi connectivity index (χ2n) is 4.92. The lowest BCUT2D eigenvalue weighted by atomic mass is 9.92. The van der Waals surface area contributed by atoms with E-state index in [0.717, 1.165) is 26.1 Å². The summed E-state index contributed by atoms with van der Waals surface area (Å²) in [7, 11) is 0. The Hall–Kier alpha value is -1.26. The Bertz CT molecular complexity index is 439. The molecular formula is C14H19ClN2O2. The van der Waals surface area contributed by atoms with Crippen LogP contribution in [0.4, 0.5) is 5.69 Å². The highest BCUT2D eigenvalue weighted by molar-refractivity contribution is 6.34. The van der Waals surface area contributed by atoms with Crippen LogP contribution in [0.2, 0.25) is 5.02 Å². The summed E-state index contributed by atoms with van der Waals surface area (Å²) in [6, 6.07) is 5.18. The molecular weight excluding hydrogens is 264 g/mol. The smallest absolute Gasteiger partial charge is 0.255 e. The molecule has 1 amide bonds. The van der Waals surface area contributed by atoms with Crippen LogP contribution in [-0.2, 0) is 4.74 Å².